The first-order chi connectivity index (χ1) is 16.8. The highest BCUT2D eigenvalue weighted by atomic mass is 31.2. The van der Waals surface area contributed by atoms with Gasteiger partial charge in [-0.15, -0.1) is 24.7 Å². The van der Waals surface area contributed by atoms with Crippen LogP contribution in [0.1, 0.15) is 69.6 Å². The number of H-pyrrole nitrogens is 1. The number of ether oxygens (including phenoxy) is 1. The van der Waals surface area contributed by atoms with Gasteiger partial charge in [0.15, 0.2) is 0 Å². The van der Waals surface area contributed by atoms with E-state index in [9.17, 15) is 24.2 Å². The number of terminal acetylenes is 2. The van der Waals surface area contributed by atoms with Gasteiger partial charge in [-0.3, -0.25) is 18.9 Å². The van der Waals surface area contributed by atoms with Crippen molar-refractivity contribution in [3.05, 3.63) is 32.6 Å². The predicted molar refractivity (Wildman–Crippen MR) is 131 cm³/mol. The Hall–Kier alpha value is -2.61. The average Bonchev–Trinajstić information content (AvgIpc) is 2.97. The summed E-state index contributed by atoms with van der Waals surface area (Å²) in [6.45, 7) is -0.0177. The highest BCUT2D eigenvalue weighted by Gasteiger charge is 2.31. The largest absolute Gasteiger partial charge is 0.403 e. The van der Waals surface area contributed by atoms with Crippen LogP contribution in [0.5, 0.6) is 0 Å². The number of nitrogens with one attached hydrogen (secondary N) is 2. The monoisotopic (exact) mass is 505 g/mol. The molecule has 1 aliphatic rings. The molecule has 1 fully saturated rings. The summed E-state index contributed by atoms with van der Waals surface area (Å²) in [5, 5.41) is 12.9. The minimum atomic E-state index is -4.13. The van der Waals surface area contributed by atoms with Crippen LogP contribution < -0.4 is 16.3 Å². The number of hydrogen-bond donors (Lipinski definition) is 4. The Labute approximate surface area is 205 Å². The third kappa shape index (κ3) is 10.3. The van der Waals surface area contributed by atoms with Crippen molar-refractivity contribution in [2.45, 2.75) is 76.2 Å². The molecule has 4 atom stereocenters. The fourth-order valence-electron chi connectivity index (χ4n) is 3.48. The fourth-order valence-corrected chi connectivity index (χ4v) is 4.57. The van der Waals surface area contributed by atoms with Gasteiger partial charge in [0.05, 0.1) is 19.3 Å². The lowest BCUT2D eigenvalue weighted by Crippen LogP contribution is -2.35. The van der Waals surface area contributed by atoms with Crippen molar-refractivity contribution < 1.29 is 23.8 Å². The van der Waals surface area contributed by atoms with Crippen molar-refractivity contribution in [2.24, 2.45) is 0 Å². The first-order valence-corrected chi connectivity index (χ1v) is 13.1. The zero-order valence-electron chi connectivity index (χ0n) is 19.6. The predicted octanol–water partition coefficient (Wildman–Crippen LogP) is 1.63. The lowest BCUT2D eigenvalue weighted by molar-refractivity contribution is -0.0153. The van der Waals surface area contributed by atoms with E-state index < -0.39 is 37.4 Å². The van der Waals surface area contributed by atoms with Crippen LogP contribution in [0.2, 0.25) is 0 Å². The molecule has 4 N–H and O–H groups in total. The first kappa shape index (κ1) is 28.6. The van der Waals surface area contributed by atoms with Crippen LogP contribution in [-0.4, -0.2) is 44.9 Å². The minimum absolute atomic E-state index is 0.0335. The molecule has 0 bridgehead atoms. The van der Waals surface area contributed by atoms with E-state index in [1.807, 2.05) is 0 Å². The van der Waals surface area contributed by atoms with E-state index in [1.54, 1.807) is 0 Å². The van der Waals surface area contributed by atoms with Gasteiger partial charge >= 0.3 is 13.4 Å². The van der Waals surface area contributed by atoms with Gasteiger partial charge in [0.1, 0.15) is 11.8 Å². The van der Waals surface area contributed by atoms with Crippen molar-refractivity contribution in [1.29, 1.82) is 0 Å². The average molecular weight is 506 g/mol. The maximum absolute atomic E-state index is 12.4. The SMILES string of the molecule is C#CCCCCC#Cc1cn([C@H]2CC(O)CC(NP(=O)(O)OCCCCC#C)CO2)c(=O)[nH]c1=O. The van der Waals surface area contributed by atoms with Crippen LogP contribution in [-0.2, 0) is 13.8 Å². The van der Waals surface area contributed by atoms with Crippen LogP contribution in [0.3, 0.4) is 0 Å². The van der Waals surface area contributed by atoms with Crippen LogP contribution in [0, 0.1) is 36.5 Å². The summed E-state index contributed by atoms with van der Waals surface area (Å²) in [5.41, 5.74) is -1.23. The summed E-state index contributed by atoms with van der Waals surface area (Å²) in [5.74, 6) is 10.7. The Bertz CT molecular complexity index is 1140. The molecule has 0 radical (unpaired) electrons. The number of rotatable bonds is 11. The summed E-state index contributed by atoms with van der Waals surface area (Å²) < 4.78 is 24.3. The Morgan fingerprint density at radius 3 is 2.57 bits per heavy atom. The summed E-state index contributed by atoms with van der Waals surface area (Å²) in [6, 6.07) is -0.697. The molecule has 2 heterocycles. The van der Waals surface area contributed by atoms with E-state index in [-0.39, 0.29) is 31.6 Å². The second-order valence-corrected chi connectivity index (χ2v) is 9.73. The van der Waals surface area contributed by atoms with Crippen molar-refractivity contribution in [2.75, 3.05) is 13.2 Å². The number of hydrogen-bond acceptors (Lipinski definition) is 6. The molecule has 1 aliphatic heterocycles. The summed E-state index contributed by atoms with van der Waals surface area (Å²) in [4.78, 5) is 36.8. The van der Waals surface area contributed by atoms with E-state index in [1.165, 1.54) is 6.20 Å². The summed E-state index contributed by atoms with van der Waals surface area (Å²) >= 11 is 0. The summed E-state index contributed by atoms with van der Waals surface area (Å²) in [7, 11) is -4.13. The number of aromatic nitrogens is 2. The molecule has 0 saturated carbocycles. The topological polar surface area (TPSA) is 143 Å². The maximum Gasteiger partial charge on any atom is 0.403 e. The first-order valence-electron chi connectivity index (χ1n) is 11.5. The molecular weight excluding hydrogens is 473 g/mol. The third-order valence-corrected chi connectivity index (χ3v) is 6.45. The van der Waals surface area contributed by atoms with E-state index in [2.05, 4.69) is 33.8 Å². The highest BCUT2D eigenvalue weighted by molar-refractivity contribution is 7.50. The van der Waals surface area contributed by atoms with Crippen LogP contribution in [0.25, 0.3) is 0 Å². The van der Waals surface area contributed by atoms with Gasteiger partial charge in [-0.25, -0.2) is 14.4 Å². The molecule has 1 aromatic heterocycles. The second kappa shape index (κ2) is 14.7. The molecule has 0 amide bonds. The molecule has 3 unspecified atom stereocenters. The zero-order valence-corrected chi connectivity index (χ0v) is 20.5. The number of aliphatic hydroxyl groups excluding tert-OH is 1. The molecule has 11 heteroatoms. The number of nitrogens with zero attached hydrogens (tertiary/aromatic N) is 1. The van der Waals surface area contributed by atoms with E-state index in [0.717, 1.165) is 17.4 Å². The molecule has 0 aliphatic carbocycles. The van der Waals surface area contributed by atoms with Gasteiger partial charge in [0.25, 0.3) is 5.56 Å². The van der Waals surface area contributed by atoms with Gasteiger partial charge in [-0.2, -0.15) is 0 Å². The highest BCUT2D eigenvalue weighted by Crippen LogP contribution is 2.39. The quantitative estimate of drug-likeness (QED) is 0.202. The van der Waals surface area contributed by atoms with Gasteiger partial charge in [-0.05, 0) is 32.1 Å². The molecule has 2 rings (SSSR count). The summed E-state index contributed by atoms with van der Waals surface area (Å²) in [6.07, 6.45) is 14.6. The maximum atomic E-state index is 12.4. The molecule has 10 nitrogen and oxygen atoms in total. The lowest BCUT2D eigenvalue weighted by Gasteiger charge is -2.21. The van der Waals surface area contributed by atoms with Gasteiger partial charge in [-0.1, -0.05) is 11.8 Å². The fraction of sp³-hybridized carbons (Fsp3) is 0.583. The zero-order chi connectivity index (χ0) is 25.7. The van der Waals surface area contributed by atoms with Crippen molar-refractivity contribution in [3.63, 3.8) is 0 Å². The van der Waals surface area contributed by atoms with Crippen LogP contribution >= 0.6 is 7.75 Å². The standard InChI is InChI=1S/C24H32N3O7P/c1-3-5-7-9-10-11-13-19-17-27(24(30)25-23(19)29)22-16-21(28)15-20(18-33-22)26-35(31,32)34-14-12-8-6-4-2/h1-2,17,20-22,28H,5-10,12,14-16,18H2,(H,25,29,30)(H2,26,31,32)/t20?,21?,22-/m1/s1. The van der Waals surface area contributed by atoms with Crippen molar-refractivity contribution in [1.82, 2.24) is 14.6 Å². The van der Waals surface area contributed by atoms with Crippen LogP contribution in [0.4, 0.5) is 0 Å². The lowest BCUT2D eigenvalue weighted by atomic mass is 10.1. The molecule has 35 heavy (non-hydrogen) atoms. The normalized spacial score (nSPS) is 21.5. The minimum Gasteiger partial charge on any atom is -0.393 e. The molecular formula is C24H32N3O7P. The van der Waals surface area contributed by atoms with Crippen molar-refractivity contribution >= 4 is 7.75 Å². The number of aromatic amines is 1. The second-order valence-electron chi connectivity index (χ2n) is 8.18. The van der Waals surface area contributed by atoms with E-state index in [4.69, 9.17) is 22.1 Å². The Morgan fingerprint density at radius 1 is 1.17 bits per heavy atom. The van der Waals surface area contributed by atoms with Crippen molar-refractivity contribution in [3.8, 4) is 36.5 Å². The number of unbranched alkanes of at least 4 members (excludes halogenated alkanes) is 5. The van der Waals surface area contributed by atoms with Gasteiger partial charge < -0.3 is 14.7 Å². The molecule has 1 saturated heterocycles. The van der Waals surface area contributed by atoms with Crippen LogP contribution in [0.15, 0.2) is 15.8 Å². The Morgan fingerprint density at radius 2 is 1.86 bits per heavy atom. The van der Waals surface area contributed by atoms with Gasteiger partial charge in [0, 0.05) is 37.9 Å². The van der Waals surface area contributed by atoms with E-state index >= 15 is 0 Å². The van der Waals surface area contributed by atoms with E-state index in [0.29, 0.717) is 32.1 Å². The molecule has 1 aromatic rings. The van der Waals surface area contributed by atoms with Gasteiger partial charge in [0.2, 0.25) is 0 Å². The number of aliphatic hydroxyl groups is 1. The molecule has 0 aromatic carbocycles. The Kier molecular flexibility index (Phi) is 12.0. The smallest absolute Gasteiger partial charge is 0.393 e. The molecule has 190 valence electrons. The Balaban J connectivity index is 2.03. The molecule has 0 spiro atoms. The third-order valence-electron chi connectivity index (χ3n) is 5.22.